The molecule has 0 saturated heterocycles. The quantitative estimate of drug-likeness (QED) is 0.0169. The maximum Gasteiger partial charge on any atom is 0.472 e. The van der Waals surface area contributed by atoms with Gasteiger partial charge in [0.05, 0.1) is 26.4 Å². The van der Waals surface area contributed by atoms with E-state index in [1.807, 2.05) is 0 Å². The number of rotatable bonds is 73. The highest BCUT2D eigenvalue weighted by atomic mass is 31.2. The molecule has 3 unspecified atom stereocenters. The predicted molar refractivity (Wildman–Crippen MR) is 381 cm³/mol. The lowest BCUT2D eigenvalue weighted by molar-refractivity contribution is -0.161. The van der Waals surface area contributed by atoms with E-state index in [2.05, 4.69) is 58.9 Å². The van der Waals surface area contributed by atoms with Gasteiger partial charge in [-0.1, -0.05) is 316 Å². The number of hydrogen-bond donors (Lipinski definition) is 3. The van der Waals surface area contributed by atoms with Crippen LogP contribution in [-0.2, 0) is 65.4 Å². The van der Waals surface area contributed by atoms with Crippen LogP contribution in [0, 0.1) is 5.92 Å². The van der Waals surface area contributed by atoms with Crippen molar-refractivity contribution in [3.8, 4) is 0 Å². The first kappa shape index (κ1) is 91.5. The van der Waals surface area contributed by atoms with Gasteiger partial charge >= 0.3 is 39.5 Å². The molecular formula is C75H142O17P2. The summed E-state index contributed by atoms with van der Waals surface area (Å²) in [6.07, 6.45) is 58.9. The molecule has 0 fully saturated rings. The Hall–Kier alpha value is -2.46. The summed E-state index contributed by atoms with van der Waals surface area (Å²) < 4.78 is 68.5. The molecule has 3 N–H and O–H groups in total. The molecule has 554 valence electrons. The van der Waals surface area contributed by atoms with Crippen LogP contribution in [0.15, 0.2) is 24.3 Å². The van der Waals surface area contributed by atoms with Crippen molar-refractivity contribution in [2.45, 2.75) is 387 Å². The third kappa shape index (κ3) is 66.8. The molecule has 0 aromatic heterocycles. The number of phosphoric acid groups is 2. The second-order valence-corrected chi connectivity index (χ2v) is 29.5. The number of aliphatic hydroxyl groups excluding tert-OH is 1. The Morgan fingerprint density at radius 1 is 0.340 bits per heavy atom. The summed E-state index contributed by atoms with van der Waals surface area (Å²) >= 11 is 0. The maximum atomic E-state index is 13.1. The minimum Gasteiger partial charge on any atom is -0.462 e. The van der Waals surface area contributed by atoms with E-state index in [9.17, 15) is 43.2 Å². The molecule has 0 aromatic rings. The molecule has 0 aliphatic rings. The molecule has 19 heteroatoms. The summed E-state index contributed by atoms with van der Waals surface area (Å²) in [5, 5.41) is 10.6. The zero-order chi connectivity index (χ0) is 69.1. The molecule has 0 saturated carbocycles. The smallest absolute Gasteiger partial charge is 0.462 e. The molecule has 6 atom stereocenters. The van der Waals surface area contributed by atoms with Crippen LogP contribution >= 0.6 is 15.6 Å². The van der Waals surface area contributed by atoms with Crippen LogP contribution in [0.3, 0.4) is 0 Å². The van der Waals surface area contributed by atoms with Crippen LogP contribution in [0.2, 0.25) is 0 Å². The first-order valence-corrected chi connectivity index (χ1v) is 41.5. The van der Waals surface area contributed by atoms with Gasteiger partial charge in [0.1, 0.15) is 19.3 Å². The van der Waals surface area contributed by atoms with Gasteiger partial charge < -0.3 is 33.8 Å². The van der Waals surface area contributed by atoms with Crippen molar-refractivity contribution in [1.82, 2.24) is 0 Å². The molecular weight excluding hydrogens is 1230 g/mol. The number of esters is 4. The van der Waals surface area contributed by atoms with E-state index >= 15 is 0 Å². The molecule has 0 heterocycles. The molecule has 0 spiro atoms. The molecule has 0 radical (unpaired) electrons. The summed E-state index contributed by atoms with van der Waals surface area (Å²) in [6, 6.07) is 0. The van der Waals surface area contributed by atoms with Crippen LogP contribution in [0.5, 0.6) is 0 Å². The zero-order valence-corrected chi connectivity index (χ0v) is 62.4. The zero-order valence-electron chi connectivity index (χ0n) is 60.6. The van der Waals surface area contributed by atoms with Crippen molar-refractivity contribution < 1.29 is 80.2 Å². The minimum absolute atomic E-state index is 0.0857. The fourth-order valence-electron chi connectivity index (χ4n) is 11.0. The normalized spacial score (nSPS) is 14.4. The van der Waals surface area contributed by atoms with Gasteiger partial charge in [-0.05, 0) is 57.3 Å². The van der Waals surface area contributed by atoms with Gasteiger partial charge in [0.2, 0.25) is 0 Å². The van der Waals surface area contributed by atoms with E-state index in [1.54, 1.807) is 0 Å². The summed E-state index contributed by atoms with van der Waals surface area (Å²) in [4.78, 5) is 72.8. The van der Waals surface area contributed by atoms with E-state index in [-0.39, 0.29) is 25.7 Å². The van der Waals surface area contributed by atoms with Crippen LogP contribution in [0.4, 0.5) is 0 Å². The van der Waals surface area contributed by atoms with Crippen molar-refractivity contribution in [3.63, 3.8) is 0 Å². The van der Waals surface area contributed by atoms with Gasteiger partial charge in [0.15, 0.2) is 12.2 Å². The van der Waals surface area contributed by atoms with Crippen molar-refractivity contribution >= 4 is 39.5 Å². The highest BCUT2D eigenvalue weighted by molar-refractivity contribution is 7.47. The van der Waals surface area contributed by atoms with Gasteiger partial charge in [-0.3, -0.25) is 37.3 Å². The molecule has 17 nitrogen and oxygen atoms in total. The Balaban J connectivity index is 5.30. The highest BCUT2D eigenvalue weighted by Gasteiger charge is 2.30. The lowest BCUT2D eigenvalue weighted by Crippen LogP contribution is -2.30. The first-order valence-electron chi connectivity index (χ1n) is 38.5. The lowest BCUT2D eigenvalue weighted by atomic mass is 9.99. The van der Waals surface area contributed by atoms with E-state index < -0.39 is 97.5 Å². The predicted octanol–water partition coefficient (Wildman–Crippen LogP) is 21.6. The molecule has 0 aliphatic heterocycles. The van der Waals surface area contributed by atoms with Crippen molar-refractivity contribution in [2.75, 3.05) is 39.6 Å². The van der Waals surface area contributed by atoms with Crippen LogP contribution in [0.1, 0.15) is 369 Å². The number of hydrogen-bond acceptors (Lipinski definition) is 15. The Labute approximate surface area is 573 Å². The number of carbonyl (C=O) groups is 4. The third-order valence-electron chi connectivity index (χ3n) is 17.3. The minimum atomic E-state index is -4.96. The summed E-state index contributed by atoms with van der Waals surface area (Å²) in [5.74, 6) is -1.38. The second-order valence-electron chi connectivity index (χ2n) is 26.6. The molecule has 0 aromatic carbocycles. The topological polar surface area (TPSA) is 237 Å². The average molecular weight is 1380 g/mol. The SMILES string of the molecule is CCCCCC/C=C\C=C/CCCCCCCC(=O)O[C@H](COC(=O)CCCCCCCCCCCCCCCCC)COP(=O)(O)OC[C@@H](O)COP(=O)(O)OC[C@@H](COC(=O)CCCCCCCCCCCCCC)OC(=O)CCCCCCCCCCC(C)CC. The molecule has 94 heavy (non-hydrogen) atoms. The number of carbonyl (C=O) groups excluding carboxylic acids is 4. The molecule has 0 rings (SSSR count). The Kier molecular flexibility index (Phi) is 65.9. The lowest BCUT2D eigenvalue weighted by Gasteiger charge is -2.21. The Morgan fingerprint density at radius 3 is 0.904 bits per heavy atom. The molecule has 0 amide bonds. The standard InChI is InChI=1S/C75H142O17P2/c1-6-10-13-16-19-22-25-28-30-32-35-38-44-49-54-59-73(78)85-64-70(91-74(79)60-55-50-45-39-36-33-31-29-26-23-20-17-14-11-7-2)66-89-93(81,82)87-62-69(76)63-88-94(83,84)90-67-71(92-75(80)61-56-51-46-41-40-42-47-52-57-68(5)9-4)65-86-72(77)58-53-48-43-37-34-27-24-21-18-15-12-8-3/h23,26,29,31,68-71,76H,6-22,24-25,27-28,30,32-67H2,1-5H3,(H,81,82)(H,83,84)/b26-23-,31-29-/t68?,69-,70-,71-/m1/s1. The van der Waals surface area contributed by atoms with Crippen LogP contribution in [0.25, 0.3) is 0 Å². The number of ether oxygens (including phenoxy) is 4. The van der Waals surface area contributed by atoms with Crippen molar-refractivity contribution in [2.24, 2.45) is 5.92 Å². The number of unbranched alkanes of at least 4 members (excludes halogenated alkanes) is 41. The van der Waals surface area contributed by atoms with Gasteiger partial charge in [0, 0.05) is 25.7 Å². The largest absolute Gasteiger partial charge is 0.472 e. The van der Waals surface area contributed by atoms with Gasteiger partial charge in [-0.15, -0.1) is 0 Å². The Bertz CT molecular complexity index is 1900. The molecule has 0 bridgehead atoms. The van der Waals surface area contributed by atoms with Crippen LogP contribution in [-0.4, -0.2) is 96.7 Å². The van der Waals surface area contributed by atoms with Crippen molar-refractivity contribution in [1.29, 1.82) is 0 Å². The summed E-state index contributed by atoms with van der Waals surface area (Å²) in [6.45, 7) is 7.22. The monoisotopic (exact) mass is 1380 g/mol. The first-order chi connectivity index (χ1) is 45.6. The molecule has 0 aliphatic carbocycles. The number of allylic oxidation sites excluding steroid dienone is 4. The number of phosphoric ester groups is 2. The van der Waals surface area contributed by atoms with E-state index in [0.29, 0.717) is 25.7 Å². The number of aliphatic hydroxyl groups is 1. The van der Waals surface area contributed by atoms with Crippen LogP contribution < -0.4 is 0 Å². The average Bonchev–Trinajstić information content (AvgIpc) is 1.19. The summed E-state index contributed by atoms with van der Waals surface area (Å²) in [5.41, 5.74) is 0. The second kappa shape index (κ2) is 67.7. The van der Waals surface area contributed by atoms with E-state index in [1.165, 1.54) is 180 Å². The fraction of sp³-hybridized carbons (Fsp3) is 0.893. The van der Waals surface area contributed by atoms with Gasteiger partial charge in [-0.25, -0.2) is 9.13 Å². The third-order valence-corrected chi connectivity index (χ3v) is 19.2. The van der Waals surface area contributed by atoms with Gasteiger partial charge in [0.25, 0.3) is 0 Å². The fourth-order valence-corrected chi connectivity index (χ4v) is 12.5. The summed E-state index contributed by atoms with van der Waals surface area (Å²) in [7, 11) is -9.92. The maximum absolute atomic E-state index is 13.1. The van der Waals surface area contributed by atoms with Crippen molar-refractivity contribution in [3.05, 3.63) is 24.3 Å². The highest BCUT2D eigenvalue weighted by Crippen LogP contribution is 2.45. The van der Waals surface area contributed by atoms with E-state index in [4.69, 9.17) is 37.0 Å². The Morgan fingerprint density at radius 2 is 0.596 bits per heavy atom. The van der Waals surface area contributed by atoms with Gasteiger partial charge in [-0.2, -0.15) is 0 Å². The van der Waals surface area contributed by atoms with E-state index in [0.717, 1.165) is 109 Å².